The average Bonchev–Trinajstić information content (AvgIpc) is 2.66. The molecule has 9 heteroatoms. The molecule has 0 saturated heterocycles. The molecule has 3 rings (SSSR count). The van der Waals surface area contributed by atoms with Gasteiger partial charge in [-0.1, -0.05) is 24.3 Å². The predicted octanol–water partition coefficient (Wildman–Crippen LogP) is 0.345. The first-order valence-electron chi connectivity index (χ1n) is 8.37. The molecule has 1 atom stereocenters. The third-order valence-corrected chi connectivity index (χ3v) is 4.37. The lowest BCUT2D eigenvalue weighted by Gasteiger charge is -2.34. The maximum absolute atomic E-state index is 12.5. The number of nitrogens with one attached hydrogen (secondary N) is 1. The second-order valence-electron chi connectivity index (χ2n) is 6.12. The van der Waals surface area contributed by atoms with E-state index in [1.807, 2.05) is 24.3 Å². The Kier molecular flexibility index (Phi) is 5.51. The highest BCUT2D eigenvalue weighted by molar-refractivity contribution is 5.91. The Hall–Kier alpha value is -3.20. The summed E-state index contributed by atoms with van der Waals surface area (Å²) in [7, 11) is 2.91. The summed E-state index contributed by atoms with van der Waals surface area (Å²) in [4.78, 5) is 34.2. The number of benzene rings is 1. The Morgan fingerprint density at radius 1 is 1.19 bits per heavy atom. The Morgan fingerprint density at radius 3 is 2.41 bits per heavy atom. The SMILES string of the molecule is COc1cc(OC)nc(NC(=O)CN2Cc3ccccc3C[C@@H]2C(N)=O)n1. The van der Waals surface area contributed by atoms with E-state index in [0.29, 0.717) is 13.0 Å². The molecule has 1 aromatic heterocycles. The van der Waals surface area contributed by atoms with E-state index in [0.717, 1.165) is 11.1 Å². The van der Waals surface area contributed by atoms with Crippen LogP contribution in [0.5, 0.6) is 11.8 Å². The summed E-state index contributed by atoms with van der Waals surface area (Å²) < 4.78 is 10.1. The predicted molar refractivity (Wildman–Crippen MR) is 97.3 cm³/mol. The smallest absolute Gasteiger partial charge is 0.240 e. The zero-order chi connectivity index (χ0) is 19.4. The molecular weight excluding hydrogens is 350 g/mol. The van der Waals surface area contributed by atoms with Gasteiger partial charge in [-0.25, -0.2) is 0 Å². The molecule has 1 aromatic carbocycles. The van der Waals surface area contributed by atoms with Crippen LogP contribution in [-0.4, -0.2) is 53.5 Å². The number of ether oxygens (including phenoxy) is 2. The first-order chi connectivity index (χ1) is 13.0. The molecule has 1 aliphatic heterocycles. The molecular formula is C18H21N5O4. The number of nitrogens with two attached hydrogens (primary N) is 1. The summed E-state index contributed by atoms with van der Waals surface area (Å²) in [5.74, 6) is -0.241. The summed E-state index contributed by atoms with van der Waals surface area (Å²) in [5.41, 5.74) is 7.69. The fourth-order valence-electron chi connectivity index (χ4n) is 3.04. The van der Waals surface area contributed by atoms with E-state index >= 15 is 0 Å². The van der Waals surface area contributed by atoms with E-state index < -0.39 is 11.9 Å². The number of nitrogens with zero attached hydrogens (tertiary/aromatic N) is 3. The standard InChI is InChI=1S/C18H21N5O4/c1-26-15-8-16(27-2)22-18(21-15)20-14(24)10-23-9-12-6-4-3-5-11(12)7-13(23)17(19)25/h3-6,8,13H,7,9-10H2,1-2H3,(H2,19,25)(H,20,21,22,24)/t13-/m1/s1. The normalized spacial score (nSPS) is 16.3. The van der Waals surface area contributed by atoms with E-state index in [9.17, 15) is 9.59 Å². The number of primary amides is 1. The number of hydrogen-bond acceptors (Lipinski definition) is 7. The number of aromatic nitrogens is 2. The van der Waals surface area contributed by atoms with Crippen molar-refractivity contribution in [1.29, 1.82) is 0 Å². The van der Waals surface area contributed by atoms with Crippen LogP contribution in [0.25, 0.3) is 0 Å². The van der Waals surface area contributed by atoms with Crippen LogP contribution >= 0.6 is 0 Å². The van der Waals surface area contributed by atoms with Crippen LogP contribution in [0.3, 0.4) is 0 Å². The van der Waals surface area contributed by atoms with Crippen LogP contribution in [0.15, 0.2) is 30.3 Å². The number of anilines is 1. The van der Waals surface area contributed by atoms with Crippen molar-refractivity contribution < 1.29 is 19.1 Å². The average molecular weight is 371 g/mol. The molecule has 9 nitrogen and oxygen atoms in total. The molecule has 0 aliphatic carbocycles. The van der Waals surface area contributed by atoms with E-state index in [1.165, 1.54) is 20.3 Å². The summed E-state index contributed by atoms with van der Waals surface area (Å²) in [6.07, 6.45) is 0.474. The molecule has 0 bridgehead atoms. The highest BCUT2D eigenvalue weighted by Gasteiger charge is 2.31. The van der Waals surface area contributed by atoms with Crippen LogP contribution in [-0.2, 0) is 22.6 Å². The molecule has 0 fully saturated rings. The fraction of sp³-hybridized carbons (Fsp3) is 0.333. The lowest BCUT2D eigenvalue weighted by molar-refractivity contribution is -0.125. The van der Waals surface area contributed by atoms with Crippen LogP contribution < -0.4 is 20.5 Å². The summed E-state index contributed by atoms with van der Waals surface area (Å²) in [6, 6.07) is 8.75. The molecule has 2 aromatic rings. The quantitative estimate of drug-likeness (QED) is 0.751. The molecule has 142 valence electrons. The van der Waals surface area contributed by atoms with E-state index in [2.05, 4.69) is 15.3 Å². The van der Waals surface area contributed by atoms with Gasteiger partial charge >= 0.3 is 0 Å². The Balaban J connectivity index is 1.74. The van der Waals surface area contributed by atoms with E-state index in [1.54, 1.807) is 4.90 Å². The minimum absolute atomic E-state index is 0.0230. The van der Waals surface area contributed by atoms with Gasteiger partial charge in [0.25, 0.3) is 0 Å². The van der Waals surface area contributed by atoms with Gasteiger partial charge < -0.3 is 15.2 Å². The second kappa shape index (κ2) is 8.00. The Bertz CT molecular complexity index is 835. The van der Waals surface area contributed by atoms with Crippen molar-refractivity contribution in [3.8, 4) is 11.8 Å². The van der Waals surface area contributed by atoms with Gasteiger partial charge in [0.05, 0.1) is 32.9 Å². The van der Waals surface area contributed by atoms with Gasteiger partial charge in [0.1, 0.15) is 0 Å². The van der Waals surface area contributed by atoms with Gasteiger partial charge in [0, 0.05) is 6.54 Å². The van der Waals surface area contributed by atoms with Gasteiger partial charge in [-0.2, -0.15) is 9.97 Å². The molecule has 0 spiro atoms. The maximum Gasteiger partial charge on any atom is 0.240 e. The zero-order valence-corrected chi connectivity index (χ0v) is 15.1. The Labute approximate surface area is 156 Å². The lowest BCUT2D eigenvalue weighted by atomic mass is 9.93. The summed E-state index contributed by atoms with van der Waals surface area (Å²) in [5, 5.41) is 2.61. The van der Waals surface area contributed by atoms with Gasteiger partial charge in [0.2, 0.25) is 29.5 Å². The molecule has 2 amide bonds. The topological polar surface area (TPSA) is 120 Å². The van der Waals surface area contributed by atoms with Crippen molar-refractivity contribution in [3.63, 3.8) is 0 Å². The third kappa shape index (κ3) is 4.32. The van der Waals surface area contributed by atoms with Crippen molar-refractivity contribution in [2.24, 2.45) is 5.73 Å². The van der Waals surface area contributed by atoms with Gasteiger partial charge in [0.15, 0.2) is 0 Å². The number of rotatable bonds is 6. The highest BCUT2D eigenvalue weighted by atomic mass is 16.5. The zero-order valence-electron chi connectivity index (χ0n) is 15.1. The summed E-state index contributed by atoms with van der Waals surface area (Å²) >= 11 is 0. The third-order valence-electron chi connectivity index (χ3n) is 4.37. The van der Waals surface area contributed by atoms with Crippen molar-refractivity contribution in [1.82, 2.24) is 14.9 Å². The molecule has 0 unspecified atom stereocenters. The fourth-order valence-corrected chi connectivity index (χ4v) is 3.04. The Morgan fingerprint density at radius 2 is 1.81 bits per heavy atom. The van der Waals surface area contributed by atoms with Crippen molar-refractivity contribution in [3.05, 3.63) is 41.5 Å². The first kappa shape index (κ1) is 18.6. The number of carbonyl (C=O) groups excluding carboxylic acids is 2. The molecule has 0 saturated carbocycles. The number of methoxy groups -OCH3 is 2. The first-order valence-corrected chi connectivity index (χ1v) is 8.37. The second-order valence-corrected chi connectivity index (χ2v) is 6.12. The number of fused-ring (bicyclic) bond motifs is 1. The van der Waals surface area contributed by atoms with Crippen molar-refractivity contribution in [2.45, 2.75) is 19.0 Å². The molecule has 1 aliphatic rings. The van der Waals surface area contributed by atoms with Crippen LogP contribution in [0, 0.1) is 0 Å². The van der Waals surface area contributed by atoms with Gasteiger partial charge in [-0.05, 0) is 17.5 Å². The summed E-state index contributed by atoms with van der Waals surface area (Å²) in [6.45, 7) is 0.435. The molecule has 27 heavy (non-hydrogen) atoms. The van der Waals surface area contributed by atoms with Gasteiger partial charge in [-0.3, -0.25) is 19.8 Å². The van der Waals surface area contributed by atoms with Crippen LogP contribution in [0.4, 0.5) is 5.95 Å². The van der Waals surface area contributed by atoms with E-state index in [4.69, 9.17) is 15.2 Å². The largest absolute Gasteiger partial charge is 0.481 e. The monoisotopic (exact) mass is 371 g/mol. The number of hydrogen-bond donors (Lipinski definition) is 2. The lowest BCUT2D eigenvalue weighted by Crippen LogP contribution is -2.51. The van der Waals surface area contributed by atoms with E-state index in [-0.39, 0.29) is 30.2 Å². The molecule has 2 heterocycles. The number of carbonyl (C=O) groups is 2. The van der Waals surface area contributed by atoms with Crippen molar-refractivity contribution >= 4 is 17.8 Å². The van der Waals surface area contributed by atoms with Crippen LogP contribution in [0.2, 0.25) is 0 Å². The number of amides is 2. The van der Waals surface area contributed by atoms with Crippen LogP contribution in [0.1, 0.15) is 11.1 Å². The van der Waals surface area contributed by atoms with Gasteiger partial charge in [-0.15, -0.1) is 0 Å². The maximum atomic E-state index is 12.5. The molecule has 3 N–H and O–H groups in total. The van der Waals surface area contributed by atoms with Crippen molar-refractivity contribution in [2.75, 3.05) is 26.1 Å². The minimum atomic E-state index is -0.550. The minimum Gasteiger partial charge on any atom is -0.481 e. The highest BCUT2D eigenvalue weighted by Crippen LogP contribution is 2.23. The molecule has 0 radical (unpaired) electrons.